The van der Waals surface area contributed by atoms with Crippen molar-refractivity contribution in [3.05, 3.63) is 59.2 Å². The number of anilines is 1. The minimum absolute atomic E-state index is 0.212. The first kappa shape index (κ1) is 14.8. The third-order valence-corrected chi connectivity index (χ3v) is 4.17. The molecule has 1 amide bonds. The predicted octanol–water partition coefficient (Wildman–Crippen LogP) is 4.74. The van der Waals surface area contributed by atoms with Crippen LogP contribution in [0.4, 0.5) is 5.69 Å². The van der Waals surface area contributed by atoms with Gasteiger partial charge in [-0.15, -0.1) is 0 Å². The first-order valence-electron chi connectivity index (χ1n) is 8.12. The summed E-state index contributed by atoms with van der Waals surface area (Å²) in [6, 6.07) is 8.17. The molecule has 0 bridgehead atoms. The number of nitrogens with zero attached hydrogens (tertiary/aromatic N) is 1. The van der Waals surface area contributed by atoms with Crippen LogP contribution in [0, 0.1) is 5.92 Å². The van der Waals surface area contributed by atoms with Crippen molar-refractivity contribution in [1.82, 2.24) is 0 Å². The molecular formula is C20H23NO. The van der Waals surface area contributed by atoms with E-state index in [2.05, 4.69) is 50.3 Å². The first-order valence-corrected chi connectivity index (χ1v) is 8.12. The minimum atomic E-state index is 0.212. The summed E-state index contributed by atoms with van der Waals surface area (Å²) in [5.74, 6) is 0.583. The van der Waals surface area contributed by atoms with E-state index in [-0.39, 0.29) is 5.91 Å². The number of para-hydroxylation sites is 1. The molecule has 0 saturated carbocycles. The summed E-state index contributed by atoms with van der Waals surface area (Å²) < 4.78 is 0. The molecule has 0 unspecified atom stereocenters. The van der Waals surface area contributed by atoms with Crippen LogP contribution in [0.3, 0.4) is 0 Å². The molecule has 2 heteroatoms. The number of amides is 1. The lowest BCUT2D eigenvalue weighted by atomic mass is 9.93. The maximum Gasteiger partial charge on any atom is 0.227 e. The fourth-order valence-electron chi connectivity index (χ4n) is 3.07. The summed E-state index contributed by atoms with van der Waals surface area (Å²) in [7, 11) is 0. The molecule has 2 nitrogen and oxygen atoms in total. The van der Waals surface area contributed by atoms with Gasteiger partial charge in [0.15, 0.2) is 0 Å². The van der Waals surface area contributed by atoms with Gasteiger partial charge in [-0.05, 0) is 41.5 Å². The highest BCUT2D eigenvalue weighted by molar-refractivity contribution is 5.96. The number of carbonyl (C=O) groups is 1. The summed E-state index contributed by atoms with van der Waals surface area (Å²) in [5.41, 5.74) is 4.68. The van der Waals surface area contributed by atoms with Gasteiger partial charge >= 0.3 is 0 Å². The van der Waals surface area contributed by atoms with E-state index in [1.807, 2.05) is 17.0 Å². The molecule has 1 aliphatic carbocycles. The van der Waals surface area contributed by atoms with Crippen LogP contribution in [-0.2, 0) is 4.79 Å². The van der Waals surface area contributed by atoms with Crippen LogP contribution in [-0.4, -0.2) is 12.5 Å². The van der Waals surface area contributed by atoms with Gasteiger partial charge in [-0.3, -0.25) is 4.79 Å². The van der Waals surface area contributed by atoms with Crippen molar-refractivity contribution < 1.29 is 4.79 Å². The van der Waals surface area contributed by atoms with E-state index in [0.29, 0.717) is 18.9 Å². The third kappa shape index (κ3) is 3.06. The van der Waals surface area contributed by atoms with Crippen molar-refractivity contribution in [2.45, 2.75) is 33.1 Å². The van der Waals surface area contributed by atoms with Crippen LogP contribution >= 0.6 is 0 Å². The third-order valence-electron chi connectivity index (χ3n) is 4.17. The lowest BCUT2D eigenvalue weighted by Gasteiger charge is -2.29. The Bertz CT molecular complexity index is 664. The molecule has 0 aromatic heterocycles. The van der Waals surface area contributed by atoms with Crippen molar-refractivity contribution in [3.63, 3.8) is 0 Å². The van der Waals surface area contributed by atoms with Crippen molar-refractivity contribution in [2.24, 2.45) is 5.92 Å². The van der Waals surface area contributed by atoms with Gasteiger partial charge in [0.2, 0.25) is 5.91 Å². The first-order chi connectivity index (χ1) is 10.6. The van der Waals surface area contributed by atoms with Crippen molar-refractivity contribution in [3.8, 4) is 0 Å². The summed E-state index contributed by atoms with van der Waals surface area (Å²) in [5, 5.41) is 0. The van der Waals surface area contributed by atoms with E-state index in [1.165, 1.54) is 11.1 Å². The Morgan fingerprint density at radius 1 is 1.14 bits per heavy atom. The summed E-state index contributed by atoms with van der Waals surface area (Å²) in [6.45, 7) is 4.87. The number of allylic oxidation sites excluding steroid dienone is 3. The van der Waals surface area contributed by atoms with Crippen LogP contribution in [0.15, 0.2) is 53.6 Å². The largest absolute Gasteiger partial charge is 0.307 e. The van der Waals surface area contributed by atoms with E-state index in [1.54, 1.807) is 0 Å². The fraction of sp³-hybridized carbons (Fsp3) is 0.350. The Kier molecular flexibility index (Phi) is 4.28. The van der Waals surface area contributed by atoms with Crippen LogP contribution in [0.2, 0.25) is 0 Å². The molecule has 1 aromatic carbocycles. The predicted molar refractivity (Wildman–Crippen MR) is 92.7 cm³/mol. The average Bonchev–Trinajstić information content (AvgIpc) is 2.49. The summed E-state index contributed by atoms with van der Waals surface area (Å²) in [4.78, 5) is 14.7. The smallest absolute Gasteiger partial charge is 0.227 e. The summed E-state index contributed by atoms with van der Waals surface area (Å²) in [6.07, 6.45) is 11.6. The molecule has 3 rings (SSSR count). The number of hydrogen-bond acceptors (Lipinski definition) is 1. The monoisotopic (exact) mass is 293 g/mol. The molecular weight excluding hydrogens is 270 g/mol. The molecule has 1 aromatic rings. The average molecular weight is 293 g/mol. The second kappa shape index (κ2) is 6.35. The molecule has 0 fully saturated rings. The Labute approximate surface area is 132 Å². The van der Waals surface area contributed by atoms with Gasteiger partial charge in [-0.25, -0.2) is 0 Å². The molecule has 0 radical (unpaired) electrons. The van der Waals surface area contributed by atoms with Gasteiger partial charge in [0, 0.05) is 6.42 Å². The highest BCUT2D eigenvalue weighted by atomic mass is 16.2. The van der Waals surface area contributed by atoms with E-state index >= 15 is 0 Å². The molecule has 1 heterocycles. The number of rotatable bonds is 2. The van der Waals surface area contributed by atoms with Crippen LogP contribution in [0.5, 0.6) is 0 Å². The van der Waals surface area contributed by atoms with Crippen molar-refractivity contribution in [2.75, 3.05) is 11.4 Å². The Morgan fingerprint density at radius 2 is 1.91 bits per heavy atom. The van der Waals surface area contributed by atoms with Gasteiger partial charge in [-0.1, -0.05) is 56.4 Å². The van der Waals surface area contributed by atoms with Gasteiger partial charge in [-0.2, -0.15) is 0 Å². The standard InChI is InChI=1S/C20H23NO/c1-15(2)13-20(22)21-14-18-9-4-3-7-16(18)11-12-17-8-5-6-10-19(17)21/h5-12,15H,3-4,13-14H2,1-2H3/b12-11-. The Morgan fingerprint density at radius 3 is 2.73 bits per heavy atom. The molecule has 114 valence electrons. The molecule has 0 saturated heterocycles. The lowest BCUT2D eigenvalue weighted by Crippen LogP contribution is -2.35. The minimum Gasteiger partial charge on any atom is -0.307 e. The van der Waals surface area contributed by atoms with Crippen LogP contribution < -0.4 is 4.90 Å². The quantitative estimate of drug-likeness (QED) is 0.771. The number of benzene rings is 1. The molecule has 0 atom stereocenters. The van der Waals surface area contributed by atoms with Crippen molar-refractivity contribution >= 4 is 17.7 Å². The molecule has 0 spiro atoms. The fourth-order valence-corrected chi connectivity index (χ4v) is 3.07. The lowest BCUT2D eigenvalue weighted by molar-refractivity contribution is -0.119. The normalized spacial score (nSPS) is 18.6. The molecule has 1 aliphatic heterocycles. The Hall–Kier alpha value is -2.09. The zero-order valence-electron chi connectivity index (χ0n) is 13.4. The van der Waals surface area contributed by atoms with Crippen LogP contribution in [0.1, 0.15) is 38.7 Å². The Balaban J connectivity index is 2.04. The SMILES string of the molecule is CC(C)CC(=O)N1CC2=CCCC=C2/C=C\c2ccccc21. The topological polar surface area (TPSA) is 20.3 Å². The summed E-state index contributed by atoms with van der Waals surface area (Å²) >= 11 is 0. The number of hydrogen-bond donors (Lipinski definition) is 0. The number of carbonyl (C=O) groups excluding carboxylic acids is 1. The second-order valence-electron chi connectivity index (χ2n) is 6.44. The van der Waals surface area contributed by atoms with Gasteiger partial charge in [0.1, 0.15) is 0 Å². The van der Waals surface area contributed by atoms with Gasteiger partial charge in [0.25, 0.3) is 0 Å². The molecule has 2 aliphatic rings. The maximum absolute atomic E-state index is 12.8. The molecule has 22 heavy (non-hydrogen) atoms. The van der Waals surface area contributed by atoms with E-state index in [0.717, 1.165) is 24.1 Å². The van der Waals surface area contributed by atoms with Crippen molar-refractivity contribution in [1.29, 1.82) is 0 Å². The molecule has 0 N–H and O–H groups in total. The highest BCUT2D eigenvalue weighted by Crippen LogP contribution is 2.31. The van der Waals surface area contributed by atoms with Gasteiger partial charge in [0.05, 0.1) is 12.2 Å². The van der Waals surface area contributed by atoms with E-state index in [4.69, 9.17) is 0 Å². The van der Waals surface area contributed by atoms with E-state index in [9.17, 15) is 4.79 Å². The highest BCUT2D eigenvalue weighted by Gasteiger charge is 2.22. The van der Waals surface area contributed by atoms with Gasteiger partial charge < -0.3 is 4.90 Å². The van der Waals surface area contributed by atoms with E-state index < -0.39 is 0 Å². The zero-order chi connectivity index (χ0) is 15.5. The second-order valence-corrected chi connectivity index (χ2v) is 6.44. The van der Waals surface area contributed by atoms with Crippen LogP contribution in [0.25, 0.3) is 6.08 Å². The zero-order valence-corrected chi connectivity index (χ0v) is 13.4. The number of fused-ring (bicyclic) bond motifs is 2. The maximum atomic E-state index is 12.8.